The topological polar surface area (TPSA) is 20.2 Å². The first-order valence-corrected chi connectivity index (χ1v) is 12.7. The third-order valence-electron chi connectivity index (χ3n) is 10.6. The Labute approximate surface area is 180 Å². The summed E-state index contributed by atoms with van der Waals surface area (Å²) in [5.41, 5.74) is 2.51. The molecular weight excluding hydrogens is 352 g/mol. The Balaban J connectivity index is 1.53. The summed E-state index contributed by atoms with van der Waals surface area (Å²) in [6, 6.07) is 0. The Morgan fingerprint density at radius 3 is 2.45 bits per heavy atom. The highest BCUT2D eigenvalue weighted by Gasteiger charge is 2.58. The van der Waals surface area contributed by atoms with Gasteiger partial charge in [-0.15, -0.1) is 0 Å². The van der Waals surface area contributed by atoms with Crippen molar-refractivity contribution < 1.29 is 5.11 Å². The van der Waals surface area contributed by atoms with Crippen LogP contribution in [-0.2, 0) is 0 Å². The van der Waals surface area contributed by atoms with Crippen molar-refractivity contribution >= 4 is 0 Å². The Hall–Kier alpha value is -0.560. The first-order valence-electron chi connectivity index (χ1n) is 12.7. The van der Waals surface area contributed by atoms with Gasteiger partial charge < -0.3 is 5.11 Å². The van der Waals surface area contributed by atoms with Crippen LogP contribution in [0.4, 0.5) is 0 Å². The highest BCUT2D eigenvalue weighted by molar-refractivity contribution is 5.25. The maximum atomic E-state index is 10.2. The molecule has 0 aromatic carbocycles. The van der Waals surface area contributed by atoms with Gasteiger partial charge in [-0.2, -0.15) is 0 Å². The van der Waals surface area contributed by atoms with Crippen molar-refractivity contribution in [3.8, 4) is 0 Å². The van der Waals surface area contributed by atoms with Gasteiger partial charge in [-0.05, 0) is 104 Å². The maximum absolute atomic E-state index is 10.2. The molecule has 1 heteroatoms. The lowest BCUT2D eigenvalue weighted by Crippen LogP contribution is -2.50. The van der Waals surface area contributed by atoms with Crippen molar-refractivity contribution in [1.29, 1.82) is 0 Å². The molecule has 0 radical (unpaired) electrons. The average Bonchev–Trinajstić information content (AvgIpc) is 3.03. The second-order valence-corrected chi connectivity index (χ2v) is 12.2. The molecule has 9 atom stereocenters. The van der Waals surface area contributed by atoms with Gasteiger partial charge in [-0.1, -0.05) is 65.3 Å². The molecule has 0 bridgehead atoms. The van der Waals surface area contributed by atoms with Crippen molar-refractivity contribution in [2.24, 2.45) is 52.3 Å². The van der Waals surface area contributed by atoms with Gasteiger partial charge in [0.15, 0.2) is 0 Å². The summed E-state index contributed by atoms with van der Waals surface area (Å²) >= 11 is 0. The maximum Gasteiger partial charge on any atom is 0.0577 e. The molecule has 0 aromatic rings. The lowest BCUT2D eigenvalue weighted by molar-refractivity contribution is -0.0540. The summed E-state index contributed by atoms with van der Waals surface area (Å²) in [4.78, 5) is 0. The number of hydrogen-bond acceptors (Lipinski definition) is 1. The number of fused-ring (bicyclic) bond motifs is 5. The molecule has 0 heterocycles. The Morgan fingerprint density at radius 1 is 0.966 bits per heavy atom. The largest absolute Gasteiger partial charge is 0.393 e. The third kappa shape index (κ3) is 3.58. The van der Waals surface area contributed by atoms with Gasteiger partial charge in [0.25, 0.3) is 0 Å². The smallest absolute Gasteiger partial charge is 0.0577 e. The van der Waals surface area contributed by atoms with Crippen LogP contribution in [0.2, 0.25) is 0 Å². The summed E-state index contributed by atoms with van der Waals surface area (Å²) in [6.45, 7) is 14.7. The van der Waals surface area contributed by atoms with Crippen LogP contribution in [-0.4, -0.2) is 11.2 Å². The van der Waals surface area contributed by atoms with E-state index in [2.05, 4.69) is 59.8 Å². The van der Waals surface area contributed by atoms with Crippen LogP contribution in [0, 0.1) is 52.3 Å². The minimum atomic E-state index is -0.0866. The number of allylic oxidation sites excluding steroid dienone is 3. The second kappa shape index (κ2) is 7.85. The fourth-order valence-electron chi connectivity index (χ4n) is 8.25. The molecule has 164 valence electrons. The first-order chi connectivity index (χ1) is 13.7. The zero-order valence-corrected chi connectivity index (χ0v) is 20.0. The van der Waals surface area contributed by atoms with E-state index in [-0.39, 0.29) is 6.10 Å². The third-order valence-corrected chi connectivity index (χ3v) is 10.6. The van der Waals surface area contributed by atoms with Gasteiger partial charge in [-0.25, -0.2) is 0 Å². The minimum Gasteiger partial charge on any atom is -0.393 e. The van der Waals surface area contributed by atoms with Crippen molar-refractivity contribution in [2.75, 3.05) is 0 Å². The molecule has 0 spiro atoms. The van der Waals surface area contributed by atoms with Crippen molar-refractivity contribution in [1.82, 2.24) is 0 Å². The van der Waals surface area contributed by atoms with E-state index in [9.17, 15) is 5.11 Å². The van der Waals surface area contributed by atoms with Crippen LogP contribution in [0.15, 0.2) is 23.8 Å². The monoisotopic (exact) mass is 398 g/mol. The van der Waals surface area contributed by atoms with E-state index in [0.29, 0.717) is 22.7 Å². The predicted molar refractivity (Wildman–Crippen MR) is 124 cm³/mol. The summed E-state index contributed by atoms with van der Waals surface area (Å²) in [7, 11) is 0. The molecule has 0 unspecified atom stereocenters. The Kier molecular flexibility index (Phi) is 5.86. The molecule has 0 aromatic heterocycles. The average molecular weight is 399 g/mol. The zero-order chi connectivity index (χ0) is 21.0. The fraction of sp³-hybridized carbons (Fsp3) is 0.857. The fourth-order valence-corrected chi connectivity index (χ4v) is 8.25. The van der Waals surface area contributed by atoms with Crippen molar-refractivity contribution in [3.63, 3.8) is 0 Å². The molecule has 29 heavy (non-hydrogen) atoms. The van der Waals surface area contributed by atoms with Crippen LogP contribution in [0.5, 0.6) is 0 Å². The van der Waals surface area contributed by atoms with Crippen molar-refractivity contribution in [3.05, 3.63) is 23.8 Å². The van der Waals surface area contributed by atoms with E-state index in [4.69, 9.17) is 0 Å². The van der Waals surface area contributed by atoms with Crippen LogP contribution in [0.3, 0.4) is 0 Å². The quantitative estimate of drug-likeness (QED) is 0.489. The van der Waals surface area contributed by atoms with Gasteiger partial charge in [-0.3, -0.25) is 0 Å². The second-order valence-electron chi connectivity index (χ2n) is 12.2. The summed E-state index contributed by atoms with van der Waals surface area (Å²) < 4.78 is 0. The summed E-state index contributed by atoms with van der Waals surface area (Å²) in [5.74, 6) is 5.63. The molecule has 1 N–H and O–H groups in total. The molecule has 4 rings (SSSR count). The van der Waals surface area contributed by atoms with Crippen LogP contribution in [0.25, 0.3) is 0 Å². The highest BCUT2D eigenvalue weighted by Crippen LogP contribution is 2.67. The molecule has 3 fully saturated rings. The molecule has 4 aliphatic rings. The standard InChI is InChI=1S/C28H46O/c1-18(2)19(3)7-8-20(4)24-11-12-25-23-10-9-21-17-22(29)13-15-27(21,5)26(23)14-16-28(24,25)6/h7-9,18-20,22-26,29H,10-17H2,1-6H3/b8-7+/t19-,20+,22-,23+,24+,25+,26-,27-,28+/m0/s1. The van der Waals surface area contributed by atoms with Crippen LogP contribution < -0.4 is 0 Å². The van der Waals surface area contributed by atoms with E-state index < -0.39 is 0 Å². The number of hydrogen-bond donors (Lipinski definition) is 1. The first kappa shape index (κ1) is 21.7. The molecular formula is C28H46O. The summed E-state index contributed by atoms with van der Waals surface area (Å²) in [6.07, 6.45) is 17.7. The molecule has 4 aliphatic carbocycles. The lowest BCUT2D eigenvalue weighted by atomic mass is 9.47. The SMILES string of the molecule is CC(C)[C@@H](C)/C=C/[C@@H](C)[C@H]1CC[C@@H]2[C@H]3CC=C4C[C@@H](O)CC[C@]4(C)[C@H]3CC[C@@]21C. The van der Waals surface area contributed by atoms with E-state index in [1.165, 1.54) is 38.5 Å². The normalized spacial score (nSPS) is 46.8. The zero-order valence-electron chi connectivity index (χ0n) is 20.0. The van der Waals surface area contributed by atoms with E-state index >= 15 is 0 Å². The van der Waals surface area contributed by atoms with E-state index in [1.807, 2.05) is 0 Å². The van der Waals surface area contributed by atoms with Gasteiger partial charge in [0.05, 0.1) is 6.10 Å². The van der Waals surface area contributed by atoms with Gasteiger partial charge in [0.2, 0.25) is 0 Å². The number of aliphatic hydroxyl groups is 1. The molecule has 1 nitrogen and oxygen atoms in total. The summed E-state index contributed by atoms with van der Waals surface area (Å²) in [5, 5.41) is 10.2. The minimum absolute atomic E-state index is 0.0866. The molecule has 0 aliphatic heterocycles. The van der Waals surface area contributed by atoms with E-state index in [1.54, 1.807) is 5.57 Å². The Bertz CT molecular complexity index is 659. The molecule has 3 saturated carbocycles. The lowest BCUT2D eigenvalue weighted by Gasteiger charge is -2.58. The number of rotatable bonds is 4. The Morgan fingerprint density at radius 2 is 1.72 bits per heavy atom. The van der Waals surface area contributed by atoms with Crippen LogP contribution in [0.1, 0.15) is 92.9 Å². The number of aliphatic hydroxyl groups excluding tert-OH is 1. The van der Waals surface area contributed by atoms with Gasteiger partial charge in [0.1, 0.15) is 0 Å². The van der Waals surface area contributed by atoms with Gasteiger partial charge >= 0.3 is 0 Å². The molecule has 0 saturated heterocycles. The highest BCUT2D eigenvalue weighted by atomic mass is 16.3. The van der Waals surface area contributed by atoms with Crippen molar-refractivity contribution in [2.45, 2.75) is 99.0 Å². The van der Waals surface area contributed by atoms with Crippen LogP contribution >= 0.6 is 0 Å². The molecule has 0 amide bonds. The van der Waals surface area contributed by atoms with E-state index in [0.717, 1.165) is 42.4 Å². The van der Waals surface area contributed by atoms with Gasteiger partial charge in [0, 0.05) is 0 Å². The predicted octanol–water partition coefficient (Wildman–Crippen LogP) is 7.41.